The van der Waals surface area contributed by atoms with Gasteiger partial charge in [0, 0.05) is 34.3 Å². The van der Waals surface area contributed by atoms with E-state index in [4.69, 9.17) is 16.3 Å². The Morgan fingerprint density at radius 1 is 1.16 bits per heavy atom. The molecule has 1 amide bonds. The normalized spacial score (nSPS) is 35.9. The third kappa shape index (κ3) is 6.05. The Morgan fingerprint density at radius 3 is 2.76 bits per heavy atom. The van der Waals surface area contributed by atoms with Crippen molar-refractivity contribution in [2.75, 3.05) is 24.6 Å². The number of rotatable bonds is 2. The van der Waals surface area contributed by atoms with Gasteiger partial charge >= 0.3 is 0 Å². The predicted molar refractivity (Wildman–Crippen MR) is 184 cm³/mol. The van der Waals surface area contributed by atoms with Crippen LogP contribution in [-0.2, 0) is 21.5 Å². The van der Waals surface area contributed by atoms with Gasteiger partial charge in [-0.2, -0.15) is 0 Å². The summed E-state index contributed by atoms with van der Waals surface area (Å²) in [7, 11) is -2.94. The van der Waals surface area contributed by atoms with Gasteiger partial charge in [0.15, 0.2) is 0 Å². The van der Waals surface area contributed by atoms with Crippen molar-refractivity contribution in [2.45, 2.75) is 87.9 Å². The number of hydrogen-bond acceptors (Lipinski definition) is 5. The minimum atomic E-state index is -2.94. The molecular formula is C37H47ClN2O4S. The van der Waals surface area contributed by atoms with Gasteiger partial charge in [0.2, 0.25) is 0 Å². The minimum Gasteiger partial charge on any atom is -0.490 e. The van der Waals surface area contributed by atoms with Gasteiger partial charge in [-0.15, -0.1) is 0 Å². The van der Waals surface area contributed by atoms with Gasteiger partial charge < -0.3 is 14.7 Å². The molecule has 6 nitrogen and oxygen atoms in total. The maximum Gasteiger partial charge on any atom is 0.262 e. The third-order valence-electron chi connectivity index (χ3n) is 11.7. The van der Waals surface area contributed by atoms with Crippen LogP contribution in [0.25, 0.3) is 0 Å². The summed E-state index contributed by atoms with van der Waals surface area (Å²) in [6.07, 6.45) is 13.6. The number of nitrogens with one attached hydrogen (secondary N) is 1. The number of carbonyl (C=O) groups is 1. The maximum atomic E-state index is 14.2. The van der Waals surface area contributed by atoms with Crippen molar-refractivity contribution < 1.29 is 18.8 Å². The topological polar surface area (TPSA) is 78.9 Å². The second-order valence-corrected chi connectivity index (χ2v) is 17.3. The first-order valence-electron chi connectivity index (χ1n) is 17.0. The van der Waals surface area contributed by atoms with Crippen LogP contribution < -0.4 is 14.4 Å². The summed E-state index contributed by atoms with van der Waals surface area (Å²) in [6.45, 7) is 4.18. The Bertz CT molecular complexity index is 1590. The number of aliphatic hydroxyl groups is 1. The SMILES string of the molecule is C=S1(=O)NC(=O)c2ccc3c(c2)N(C[C@@H]2CC[C@H]2[C@@H](O)/C=C/C[C@H](C)[C@@H]1CC1CCC1)C[C@@]1(CCCc2cc(Cl)ccc21)CO3. The largest absolute Gasteiger partial charge is 0.490 e. The lowest BCUT2D eigenvalue weighted by atomic mass is 9.68. The molecule has 0 saturated heterocycles. The number of halogens is 1. The van der Waals surface area contributed by atoms with E-state index in [1.807, 2.05) is 24.3 Å². The summed E-state index contributed by atoms with van der Waals surface area (Å²) in [5.74, 6) is 5.66. The van der Waals surface area contributed by atoms with Crippen LogP contribution >= 0.6 is 11.6 Å². The van der Waals surface area contributed by atoms with Gasteiger partial charge in [0.1, 0.15) is 5.75 Å². The summed E-state index contributed by atoms with van der Waals surface area (Å²) < 4.78 is 23.8. The lowest BCUT2D eigenvalue weighted by molar-refractivity contribution is 0.0455. The Morgan fingerprint density at radius 2 is 2.00 bits per heavy atom. The molecule has 2 bridgehead atoms. The van der Waals surface area contributed by atoms with Gasteiger partial charge in [-0.3, -0.25) is 9.52 Å². The molecule has 2 N–H and O–H groups in total. The average molecular weight is 651 g/mol. The number of aryl methyl sites for hydroxylation is 1. The quantitative estimate of drug-likeness (QED) is 0.279. The Labute approximate surface area is 273 Å². The molecular weight excluding hydrogens is 604 g/mol. The van der Waals surface area contributed by atoms with Crippen molar-refractivity contribution in [2.24, 2.45) is 23.7 Å². The average Bonchev–Trinajstić information content (AvgIpc) is 3.10. The zero-order valence-corrected chi connectivity index (χ0v) is 28.0. The summed E-state index contributed by atoms with van der Waals surface area (Å²) in [5, 5.41) is 11.9. The third-order valence-corrected chi connectivity index (χ3v) is 14.1. The summed E-state index contributed by atoms with van der Waals surface area (Å²) in [5.41, 5.74) is 3.73. The summed E-state index contributed by atoms with van der Waals surface area (Å²) in [4.78, 5) is 16.2. The molecule has 242 valence electrons. The monoisotopic (exact) mass is 650 g/mol. The standard InChI is InChI=1S/C37H47ClN2O4S/c1-24-6-3-10-33(41)30-14-11-28(30)21-40-22-37(17-5-9-26-19-29(38)13-15-31(26)37)23-44-34-16-12-27(20-32(34)40)36(42)39-45(2,43)35(24)18-25-7-4-8-25/h3,10,12-13,15-16,19-20,24-25,28,30,33,35,41H,2,4-9,11,14,17-18,21-23H2,1H3,(H,39,42,43)/b10-3+/t24-,28-,30+,33-,35-,37-,45?/m0/s1. The molecule has 2 saturated carbocycles. The maximum absolute atomic E-state index is 14.2. The smallest absolute Gasteiger partial charge is 0.262 e. The highest BCUT2D eigenvalue weighted by Gasteiger charge is 2.44. The van der Waals surface area contributed by atoms with Crippen molar-refractivity contribution in [3.05, 3.63) is 70.3 Å². The van der Waals surface area contributed by atoms with E-state index in [2.05, 4.69) is 40.6 Å². The highest BCUT2D eigenvalue weighted by atomic mass is 35.5. The first-order chi connectivity index (χ1) is 21.6. The van der Waals surface area contributed by atoms with E-state index in [9.17, 15) is 14.1 Å². The number of nitrogens with zero attached hydrogens (tertiary/aromatic N) is 1. The Hall–Kier alpha value is -2.48. The van der Waals surface area contributed by atoms with Crippen LogP contribution in [0.3, 0.4) is 0 Å². The zero-order chi connectivity index (χ0) is 31.3. The second-order valence-electron chi connectivity index (χ2n) is 14.6. The molecule has 3 aliphatic carbocycles. The summed E-state index contributed by atoms with van der Waals surface area (Å²) >= 11 is 6.43. The minimum absolute atomic E-state index is 0.0600. The number of aliphatic hydroxyl groups excluding tert-OH is 1. The van der Waals surface area contributed by atoms with E-state index >= 15 is 0 Å². The van der Waals surface area contributed by atoms with Crippen LogP contribution in [0.5, 0.6) is 5.75 Å². The van der Waals surface area contributed by atoms with Gasteiger partial charge in [-0.25, -0.2) is 4.21 Å². The molecule has 1 unspecified atom stereocenters. The molecule has 45 heavy (non-hydrogen) atoms. The molecule has 2 aromatic carbocycles. The van der Waals surface area contributed by atoms with Gasteiger partial charge in [-0.05, 0) is 116 Å². The number of carbonyl (C=O) groups excluding carboxylic acids is 1. The van der Waals surface area contributed by atoms with E-state index in [0.717, 1.165) is 80.9 Å². The molecule has 0 aromatic heterocycles. The second kappa shape index (κ2) is 12.3. The molecule has 2 aromatic rings. The van der Waals surface area contributed by atoms with Crippen molar-refractivity contribution in [3.8, 4) is 5.75 Å². The van der Waals surface area contributed by atoms with Crippen LogP contribution in [0.4, 0.5) is 5.69 Å². The molecule has 2 heterocycles. The van der Waals surface area contributed by atoms with Crippen molar-refractivity contribution in [1.29, 1.82) is 0 Å². The number of amides is 1. The lowest BCUT2D eigenvalue weighted by Gasteiger charge is -2.45. The fourth-order valence-corrected chi connectivity index (χ4v) is 10.9. The molecule has 7 rings (SSSR count). The molecule has 7 atom stereocenters. The predicted octanol–water partition coefficient (Wildman–Crippen LogP) is 6.72. The number of fused-ring (bicyclic) bond motifs is 4. The molecule has 0 radical (unpaired) electrons. The molecule has 2 fully saturated rings. The number of ether oxygens (including phenoxy) is 1. The fourth-order valence-electron chi connectivity index (χ4n) is 8.65. The van der Waals surface area contributed by atoms with Crippen LogP contribution in [-0.4, -0.2) is 52.1 Å². The first kappa shape index (κ1) is 31.1. The Kier molecular flexibility index (Phi) is 8.49. The highest BCUT2D eigenvalue weighted by Crippen LogP contribution is 2.47. The number of allylic oxidation sites excluding steroid dienone is 1. The van der Waals surface area contributed by atoms with Crippen molar-refractivity contribution in [1.82, 2.24) is 4.72 Å². The van der Waals surface area contributed by atoms with E-state index in [-0.39, 0.29) is 28.4 Å². The van der Waals surface area contributed by atoms with E-state index < -0.39 is 15.8 Å². The first-order valence-corrected chi connectivity index (χ1v) is 19.1. The Balaban J connectivity index is 1.27. The lowest BCUT2D eigenvalue weighted by Crippen LogP contribution is -2.49. The van der Waals surface area contributed by atoms with Gasteiger partial charge in [0.25, 0.3) is 5.91 Å². The van der Waals surface area contributed by atoms with Crippen LogP contribution in [0.1, 0.15) is 86.2 Å². The van der Waals surface area contributed by atoms with Crippen LogP contribution in [0, 0.1) is 23.7 Å². The van der Waals surface area contributed by atoms with E-state index in [1.54, 1.807) is 6.07 Å². The fraction of sp³-hybridized carbons (Fsp3) is 0.568. The van der Waals surface area contributed by atoms with Gasteiger partial charge in [-0.1, -0.05) is 56.0 Å². The molecule has 5 aliphatic rings. The number of hydrogen-bond donors (Lipinski definition) is 2. The number of benzene rings is 2. The van der Waals surface area contributed by atoms with Crippen molar-refractivity contribution in [3.63, 3.8) is 0 Å². The van der Waals surface area contributed by atoms with Crippen molar-refractivity contribution >= 4 is 38.8 Å². The highest BCUT2D eigenvalue weighted by molar-refractivity contribution is 7.99. The van der Waals surface area contributed by atoms with E-state index in [0.29, 0.717) is 30.4 Å². The van der Waals surface area contributed by atoms with Crippen LogP contribution in [0.2, 0.25) is 5.02 Å². The molecule has 8 heteroatoms. The van der Waals surface area contributed by atoms with E-state index in [1.165, 1.54) is 17.5 Å². The zero-order valence-electron chi connectivity index (χ0n) is 26.4. The molecule has 2 aliphatic heterocycles. The van der Waals surface area contributed by atoms with Crippen LogP contribution in [0.15, 0.2) is 48.6 Å². The molecule has 1 spiro atoms. The van der Waals surface area contributed by atoms with Gasteiger partial charge in [0.05, 0.1) is 28.1 Å². The summed E-state index contributed by atoms with van der Waals surface area (Å²) in [6, 6.07) is 11.9. The number of anilines is 1.